The molecule has 2 rings (SSSR count). The molecule has 0 aromatic heterocycles. The van der Waals surface area contributed by atoms with Crippen LogP contribution in [0, 0.1) is 11.8 Å². The van der Waals surface area contributed by atoms with Crippen molar-refractivity contribution in [3.63, 3.8) is 0 Å². The van der Waals surface area contributed by atoms with Crippen molar-refractivity contribution in [2.45, 2.75) is 51.9 Å². The Balaban J connectivity index is 1.93. The smallest absolute Gasteiger partial charge is 0.230 e. The second-order valence-electron chi connectivity index (χ2n) is 7.09. The van der Waals surface area contributed by atoms with Gasteiger partial charge in [-0.2, -0.15) is 0 Å². The molecule has 0 radical (unpaired) electrons. The highest BCUT2D eigenvalue weighted by molar-refractivity contribution is 5.87. The zero-order valence-corrected chi connectivity index (χ0v) is 13.5. The first kappa shape index (κ1) is 15.9. The fourth-order valence-corrected chi connectivity index (χ4v) is 3.23. The predicted octanol–water partition coefficient (Wildman–Crippen LogP) is 3.49. The Labute approximate surface area is 128 Å². The summed E-state index contributed by atoms with van der Waals surface area (Å²) in [6.45, 7) is 7.06. The van der Waals surface area contributed by atoms with Gasteiger partial charge in [-0.05, 0) is 56.2 Å². The number of nitrogens with two attached hydrogens (primary N) is 1. The summed E-state index contributed by atoms with van der Waals surface area (Å²) in [5, 5.41) is 3.16. The molecule has 2 atom stereocenters. The molecule has 116 valence electrons. The number of benzene rings is 1. The molecule has 1 aromatic rings. The Morgan fingerprint density at radius 3 is 2.57 bits per heavy atom. The Hall–Kier alpha value is -1.51. The van der Waals surface area contributed by atoms with Gasteiger partial charge >= 0.3 is 0 Å². The van der Waals surface area contributed by atoms with Crippen LogP contribution in [0.4, 0.5) is 5.69 Å². The van der Waals surface area contributed by atoms with Crippen molar-refractivity contribution in [2.75, 3.05) is 12.3 Å². The van der Waals surface area contributed by atoms with E-state index < -0.39 is 5.41 Å². The van der Waals surface area contributed by atoms with Crippen LogP contribution in [-0.4, -0.2) is 12.5 Å². The van der Waals surface area contributed by atoms with Crippen molar-refractivity contribution in [1.29, 1.82) is 0 Å². The molecule has 0 spiro atoms. The van der Waals surface area contributed by atoms with E-state index in [-0.39, 0.29) is 5.91 Å². The first-order valence-corrected chi connectivity index (χ1v) is 8.04. The third-order valence-corrected chi connectivity index (χ3v) is 4.80. The van der Waals surface area contributed by atoms with Crippen LogP contribution in [0.2, 0.25) is 0 Å². The second kappa shape index (κ2) is 6.50. The summed E-state index contributed by atoms with van der Waals surface area (Å²) in [5.74, 6) is 1.54. The van der Waals surface area contributed by atoms with E-state index >= 15 is 0 Å². The van der Waals surface area contributed by atoms with Gasteiger partial charge in [0.15, 0.2) is 0 Å². The van der Waals surface area contributed by atoms with Gasteiger partial charge in [0, 0.05) is 12.2 Å². The number of anilines is 1. The Bertz CT molecular complexity index is 478. The minimum atomic E-state index is -0.520. The topological polar surface area (TPSA) is 55.1 Å². The number of carbonyl (C=O) groups excluding carboxylic acids is 1. The van der Waals surface area contributed by atoms with Gasteiger partial charge in [-0.1, -0.05) is 31.9 Å². The summed E-state index contributed by atoms with van der Waals surface area (Å²) in [6, 6.07) is 7.59. The first-order valence-electron chi connectivity index (χ1n) is 8.04. The first-order chi connectivity index (χ1) is 9.89. The van der Waals surface area contributed by atoms with Crippen LogP contribution < -0.4 is 11.1 Å². The maximum Gasteiger partial charge on any atom is 0.230 e. The molecule has 1 aliphatic carbocycles. The quantitative estimate of drug-likeness (QED) is 0.833. The molecule has 1 fully saturated rings. The summed E-state index contributed by atoms with van der Waals surface area (Å²) in [6.07, 6.45) is 5.11. The lowest BCUT2D eigenvalue weighted by atomic mass is 9.81. The van der Waals surface area contributed by atoms with E-state index in [1.807, 2.05) is 38.1 Å². The van der Waals surface area contributed by atoms with Gasteiger partial charge in [-0.25, -0.2) is 0 Å². The number of amides is 1. The summed E-state index contributed by atoms with van der Waals surface area (Å²) in [4.78, 5) is 12.5. The van der Waals surface area contributed by atoms with Gasteiger partial charge in [-0.15, -0.1) is 0 Å². The highest BCUT2D eigenvalue weighted by Crippen LogP contribution is 2.29. The Kier molecular flexibility index (Phi) is 4.92. The van der Waals surface area contributed by atoms with Crippen LogP contribution in [0.1, 0.15) is 52.0 Å². The molecule has 1 amide bonds. The number of nitrogens with one attached hydrogen (secondary N) is 1. The minimum Gasteiger partial charge on any atom is -0.399 e. The molecule has 0 heterocycles. The van der Waals surface area contributed by atoms with Crippen molar-refractivity contribution in [1.82, 2.24) is 5.32 Å². The maximum absolute atomic E-state index is 12.5. The zero-order valence-electron chi connectivity index (χ0n) is 13.5. The highest BCUT2D eigenvalue weighted by Gasteiger charge is 2.30. The average Bonchev–Trinajstić information content (AvgIpc) is 2.45. The SMILES string of the molecule is CC1CCCC(CNC(=O)C(C)(C)c2ccc(N)cc2)C1. The molecule has 1 aliphatic rings. The van der Waals surface area contributed by atoms with Crippen LogP contribution in [0.3, 0.4) is 0 Å². The summed E-state index contributed by atoms with van der Waals surface area (Å²) in [5.41, 5.74) is 6.93. The third-order valence-electron chi connectivity index (χ3n) is 4.80. The van der Waals surface area contributed by atoms with Gasteiger partial charge in [0.2, 0.25) is 5.91 Å². The molecular weight excluding hydrogens is 260 g/mol. The van der Waals surface area contributed by atoms with E-state index in [2.05, 4.69) is 12.2 Å². The lowest BCUT2D eigenvalue weighted by Gasteiger charge is -2.29. The largest absolute Gasteiger partial charge is 0.399 e. The van der Waals surface area contributed by atoms with E-state index in [1.54, 1.807) is 0 Å². The Morgan fingerprint density at radius 1 is 1.29 bits per heavy atom. The van der Waals surface area contributed by atoms with Crippen molar-refractivity contribution in [2.24, 2.45) is 11.8 Å². The lowest BCUT2D eigenvalue weighted by molar-refractivity contribution is -0.125. The summed E-state index contributed by atoms with van der Waals surface area (Å²) < 4.78 is 0. The maximum atomic E-state index is 12.5. The van der Waals surface area contributed by atoms with E-state index in [9.17, 15) is 4.79 Å². The summed E-state index contributed by atoms with van der Waals surface area (Å²) in [7, 11) is 0. The number of nitrogen functional groups attached to an aromatic ring is 1. The standard InChI is InChI=1S/C18H28N2O/c1-13-5-4-6-14(11-13)12-20-17(21)18(2,3)15-7-9-16(19)10-8-15/h7-10,13-14H,4-6,11-12,19H2,1-3H3,(H,20,21). The summed E-state index contributed by atoms with van der Waals surface area (Å²) >= 11 is 0. The van der Waals surface area contributed by atoms with E-state index in [1.165, 1.54) is 25.7 Å². The fraction of sp³-hybridized carbons (Fsp3) is 0.611. The molecule has 3 nitrogen and oxygen atoms in total. The van der Waals surface area contributed by atoms with Gasteiger partial charge in [-0.3, -0.25) is 4.79 Å². The van der Waals surface area contributed by atoms with Crippen LogP contribution in [-0.2, 0) is 10.2 Å². The average molecular weight is 288 g/mol. The molecule has 21 heavy (non-hydrogen) atoms. The van der Waals surface area contributed by atoms with Crippen molar-refractivity contribution in [3.05, 3.63) is 29.8 Å². The van der Waals surface area contributed by atoms with Crippen LogP contribution in [0.15, 0.2) is 24.3 Å². The minimum absolute atomic E-state index is 0.102. The number of hydrogen-bond donors (Lipinski definition) is 2. The molecule has 1 saturated carbocycles. The Morgan fingerprint density at radius 2 is 1.95 bits per heavy atom. The van der Waals surface area contributed by atoms with Gasteiger partial charge in [0.25, 0.3) is 0 Å². The van der Waals surface area contributed by atoms with Gasteiger partial charge in [0.1, 0.15) is 0 Å². The van der Waals surface area contributed by atoms with Crippen LogP contribution in [0.25, 0.3) is 0 Å². The molecule has 0 bridgehead atoms. The fourth-order valence-electron chi connectivity index (χ4n) is 3.23. The lowest BCUT2D eigenvalue weighted by Crippen LogP contribution is -2.42. The third kappa shape index (κ3) is 3.99. The molecule has 0 saturated heterocycles. The molecule has 3 heteroatoms. The van der Waals surface area contributed by atoms with Crippen molar-refractivity contribution < 1.29 is 4.79 Å². The van der Waals surface area contributed by atoms with Crippen LogP contribution in [0.5, 0.6) is 0 Å². The molecule has 0 aliphatic heterocycles. The molecule has 1 aromatic carbocycles. The van der Waals surface area contributed by atoms with Gasteiger partial charge in [0.05, 0.1) is 5.41 Å². The second-order valence-corrected chi connectivity index (χ2v) is 7.09. The zero-order chi connectivity index (χ0) is 15.5. The number of carbonyl (C=O) groups is 1. The van der Waals surface area contributed by atoms with E-state index in [0.717, 1.165) is 23.7 Å². The predicted molar refractivity (Wildman–Crippen MR) is 88.0 cm³/mol. The number of rotatable bonds is 4. The van der Waals surface area contributed by atoms with E-state index in [0.29, 0.717) is 5.92 Å². The van der Waals surface area contributed by atoms with Crippen molar-refractivity contribution in [3.8, 4) is 0 Å². The van der Waals surface area contributed by atoms with Crippen molar-refractivity contribution >= 4 is 11.6 Å². The molecule has 2 unspecified atom stereocenters. The highest BCUT2D eigenvalue weighted by atomic mass is 16.2. The van der Waals surface area contributed by atoms with E-state index in [4.69, 9.17) is 5.73 Å². The normalized spacial score (nSPS) is 22.8. The molecule has 3 N–H and O–H groups in total. The number of hydrogen-bond acceptors (Lipinski definition) is 2. The van der Waals surface area contributed by atoms with Crippen LogP contribution >= 0.6 is 0 Å². The van der Waals surface area contributed by atoms with Gasteiger partial charge < -0.3 is 11.1 Å². The monoisotopic (exact) mass is 288 g/mol. The molecular formula is C18H28N2O.